The first-order valence-corrected chi connectivity index (χ1v) is 9.13. The molecule has 10 heteroatoms. The number of fused-ring (bicyclic) bond motifs is 1. The second kappa shape index (κ2) is 8.32. The zero-order chi connectivity index (χ0) is 20.3. The van der Waals surface area contributed by atoms with Crippen molar-refractivity contribution < 1.29 is 23.6 Å². The number of esters is 1. The lowest BCUT2D eigenvalue weighted by atomic mass is 10.2. The molecule has 3 aromatic rings. The van der Waals surface area contributed by atoms with Gasteiger partial charge >= 0.3 is 5.97 Å². The van der Waals surface area contributed by atoms with Gasteiger partial charge in [0.05, 0.1) is 22.1 Å². The van der Waals surface area contributed by atoms with Crippen molar-refractivity contribution in [2.75, 3.05) is 13.2 Å². The van der Waals surface area contributed by atoms with Gasteiger partial charge < -0.3 is 10.1 Å². The van der Waals surface area contributed by atoms with Gasteiger partial charge in [0, 0.05) is 22.2 Å². The van der Waals surface area contributed by atoms with Gasteiger partial charge in [-0.1, -0.05) is 17.7 Å². The summed E-state index contributed by atoms with van der Waals surface area (Å²) in [6, 6.07) is 9.48. The molecule has 3 rings (SSSR count). The fourth-order valence-electron chi connectivity index (χ4n) is 2.40. The molecule has 0 aliphatic carbocycles. The summed E-state index contributed by atoms with van der Waals surface area (Å²) >= 11 is 7.00. The molecule has 0 aliphatic heterocycles. The van der Waals surface area contributed by atoms with Crippen molar-refractivity contribution in [1.29, 1.82) is 0 Å². The number of hydrogen-bond donors (Lipinski definition) is 1. The van der Waals surface area contributed by atoms with Gasteiger partial charge in [-0.2, -0.15) is 0 Å². The van der Waals surface area contributed by atoms with Crippen LogP contribution in [0.5, 0.6) is 0 Å². The molecule has 2 aromatic carbocycles. The molecule has 0 saturated heterocycles. The maximum Gasteiger partial charge on any atom is 0.348 e. The number of carbonyl (C=O) groups excluding carboxylic acids is 2. The lowest BCUT2D eigenvalue weighted by molar-refractivity contribution is -0.384. The Balaban J connectivity index is 1.53. The molecule has 7 nitrogen and oxygen atoms in total. The van der Waals surface area contributed by atoms with Gasteiger partial charge in [-0.15, -0.1) is 11.3 Å². The molecule has 0 atom stereocenters. The molecule has 0 unspecified atom stereocenters. The SMILES string of the molecule is O=C(OCCNC(=O)c1ccc([N+](=O)[O-])cc1Cl)c1cc2c(F)cccc2s1. The van der Waals surface area contributed by atoms with E-state index in [2.05, 4.69) is 5.32 Å². The van der Waals surface area contributed by atoms with Crippen molar-refractivity contribution in [3.8, 4) is 0 Å². The number of rotatable bonds is 6. The van der Waals surface area contributed by atoms with Crippen LogP contribution in [0.3, 0.4) is 0 Å². The van der Waals surface area contributed by atoms with E-state index in [-0.39, 0.29) is 34.3 Å². The Morgan fingerprint density at radius 1 is 1.25 bits per heavy atom. The highest BCUT2D eigenvalue weighted by Gasteiger charge is 2.16. The van der Waals surface area contributed by atoms with Crippen LogP contribution >= 0.6 is 22.9 Å². The van der Waals surface area contributed by atoms with E-state index < -0.39 is 22.6 Å². The predicted molar refractivity (Wildman–Crippen MR) is 103 cm³/mol. The van der Waals surface area contributed by atoms with Gasteiger partial charge in [-0.3, -0.25) is 14.9 Å². The Bertz CT molecular complexity index is 1090. The van der Waals surface area contributed by atoms with E-state index in [1.54, 1.807) is 12.1 Å². The molecule has 0 fully saturated rings. The number of hydrogen-bond acceptors (Lipinski definition) is 6. The third-order valence-electron chi connectivity index (χ3n) is 3.74. The summed E-state index contributed by atoms with van der Waals surface area (Å²) in [6.45, 7) is -0.0942. The van der Waals surface area contributed by atoms with E-state index in [0.717, 1.165) is 17.4 Å². The Morgan fingerprint density at radius 3 is 2.71 bits per heavy atom. The fourth-order valence-corrected chi connectivity index (χ4v) is 3.63. The molecular weight excluding hydrogens is 411 g/mol. The minimum absolute atomic E-state index is 0.0111. The number of amides is 1. The molecule has 0 radical (unpaired) electrons. The number of halogens is 2. The van der Waals surface area contributed by atoms with E-state index in [0.29, 0.717) is 10.1 Å². The summed E-state index contributed by atoms with van der Waals surface area (Å²) in [5.41, 5.74) is -0.158. The van der Waals surface area contributed by atoms with Gasteiger partial charge in [0.1, 0.15) is 17.3 Å². The predicted octanol–water partition coefficient (Wildman–Crippen LogP) is 4.19. The molecule has 144 valence electrons. The van der Waals surface area contributed by atoms with Crippen LogP contribution in [-0.4, -0.2) is 30.0 Å². The van der Waals surface area contributed by atoms with E-state index in [1.165, 1.54) is 24.3 Å². The summed E-state index contributed by atoms with van der Waals surface area (Å²) in [5, 5.41) is 13.5. The van der Waals surface area contributed by atoms with Crippen molar-refractivity contribution in [1.82, 2.24) is 5.32 Å². The minimum atomic E-state index is -0.622. The average molecular weight is 423 g/mol. The number of benzene rings is 2. The van der Waals surface area contributed by atoms with Crippen LogP contribution in [0.2, 0.25) is 5.02 Å². The summed E-state index contributed by atoms with van der Waals surface area (Å²) in [7, 11) is 0. The van der Waals surface area contributed by atoms with Crippen molar-refractivity contribution in [2.24, 2.45) is 0 Å². The maximum atomic E-state index is 13.7. The van der Waals surface area contributed by atoms with Crippen molar-refractivity contribution >= 4 is 50.6 Å². The monoisotopic (exact) mass is 422 g/mol. The van der Waals surface area contributed by atoms with Gasteiger partial charge in [-0.05, 0) is 24.3 Å². The van der Waals surface area contributed by atoms with Gasteiger partial charge in [-0.25, -0.2) is 9.18 Å². The first kappa shape index (κ1) is 19.7. The second-order valence-electron chi connectivity index (χ2n) is 5.58. The van der Waals surface area contributed by atoms with Gasteiger partial charge in [0.25, 0.3) is 11.6 Å². The van der Waals surface area contributed by atoms with Gasteiger partial charge in [0.2, 0.25) is 0 Å². The summed E-state index contributed by atoms with van der Waals surface area (Å²) < 4.78 is 19.4. The number of carbonyl (C=O) groups is 2. The Labute approximate surface area is 166 Å². The third kappa shape index (κ3) is 4.26. The summed E-state index contributed by atoms with van der Waals surface area (Å²) in [6.07, 6.45) is 0. The molecule has 1 aromatic heterocycles. The smallest absolute Gasteiger partial charge is 0.348 e. The molecule has 1 heterocycles. The van der Waals surface area contributed by atoms with Crippen molar-refractivity contribution in [3.05, 3.63) is 73.9 Å². The molecule has 0 saturated carbocycles. The maximum absolute atomic E-state index is 13.7. The van der Waals surface area contributed by atoms with Crippen LogP contribution in [-0.2, 0) is 4.74 Å². The highest BCUT2D eigenvalue weighted by molar-refractivity contribution is 7.20. The van der Waals surface area contributed by atoms with E-state index in [1.807, 2.05) is 0 Å². The lowest BCUT2D eigenvalue weighted by Gasteiger charge is -2.07. The molecule has 0 bridgehead atoms. The number of non-ortho nitro benzene ring substituents is 1. The number of nitro benzene ring substituents is 1. The Kier molecular flexibility index (Phi) is 5.86. The fraction of sp³-hybridized carbons (Fsp3) is 0.111. The van der Waals surface area contributed by atoms with Gasteiger partial charge in [0.15, 0.2) is 0 Å². The minimum Gasteiger partial charge on any atom is -0.460 e. The molecule has 0 aliphatic rings. The second-order valence-corrected chi connectivity index (χ2v) is 7.07. The van der Waals surface area contributed by atoms with Crippen LogP contribution in [0.4, 0.5) is 10.1 Å². The molecule has 0 spiro atoms. The molecular formula is C18H12ClFN2O5S. The average Bonchev–Trinajstić information content (AvgIpc) is 3.10. The first-order chi connectivity index (χ1) is 13.4. The molecule has 28 heavy (non-hydrogen) atoms. The standard InChI is InChI=1S/C18H12ClFN2O5S/c19-13-8-10(22(25)26)4-5-11(13)17(23)21-6-7-27-18(24)16-9-12-14(20)2-1-3-15(12)28-16/h1-5,8-9H,6-7H2,(H,21,23). The quantitative estimate of drug-likeness (QED) is 0.278. The topological polar surface area (TPSA) is 98.5 Å². The van der Waals surface area contributed by atoms with Crippen molar-refractivity contribution in [3.63, 3.8) is 0 Å². The Hall–Kier alpha value is -3.04. The highest BCUT2D eigenvalue weighted by Crippen LogP contribution is 2.28. The van der Waals surface area contributed by atoms with Crippen LogP contribution in [0.1, 0.15) is 20.0 Å². The first-order valence-electron chi connectivity index (χ1n) is 7.94. The number of nitrogens with one attached hydrogen (secondary N) is 1. The van der Waals surface area contributed by atoms with Crippen LogP contribution in [0.25, 0.3) is 10.1 Å². The van der Waals surface area contributed by atoms with E-state index in [9.17, 15) is 24.1 Å². The third-order valence-corrected chi connectivity index (χ3v) is 5.13. The highest BCUT2D eigenvalue weighted by atomic mass is 35.5. The van der Waals surface area contributed by atoms with E-state index in [4.69, 9.17) is 16.3 Å². The van der Waals surface area contributed by atoms with Crippen LogP contribution in [0, 0.1) is 15.9 Å². The molecule has 1 N–H and O–H groups in total. The number of nitro groups is 1. The van der Waals surface area contributed by atoms with Crippen LogP contribution in [0.15, 0.2) is 42.5 Å². The number of thiophene rings is 1. The van der Waals surface area contributed by atoms with E-state index >= 15 is 0 Å². The zero-order valence-electron chi connectivity index (χ0n) is 14.1. The normalized spacial score (nSPS) is 10.6. The zero-order valence-corrected chi connectivity index (χ0v) is 15.7. The number of nitrogens with zero attached hydrogens (tertiary/aromatic N) is 1. The Morgan fingerprint density at radius 2 is 2.04 bits per heavy atom. The summed E-state index contributed by atoms with van der Waals surface area (Å²) in [4.78, 5) is 34.5. The lowest BCUT2D eigenvalue weighted by Crippen LogP contribution is -2.28. The van der Waals surface area contributed by atoms with Crippen LogP contribution < -0.4 is 5.32 Å². The molecule has 1 amide bonds. The summed E-state index contributed by atoms with van der Waals surface area (Å²) in [5.74, 6) is -1.59. The largest absolute Gasteiger partial charge is 0.460 e. The number of ether oxygens (including phenoxy) is 1. The van der Waals surface area contributed by atoms with Crippen molar-refractivity contribution in [2.45, 2.75) is 0 Å².